The van der Waals surface area contributed by atoms with Crippen LogP contribution in [0.25, 0.3) is 10.9 Å². The number of imidazole rings is 2. The van der Waals surface area contributed by atoms with Crippen LogP contribution in [0.1, 0.15) is 0 Å². The summed E-state index contributed by atoms with van der Waals surface area (Å²) in [4.78, 5) is 11.6. The number of hydrogen-bond acceptors (Lipinski definition) is 6. The minimum atomic E-state index is -1.42. The average Bonchev–Trinajstić information content (AvgIpc) is 3.30. The first kappa shape index (κ1) is 15.6. The molecule has 0 spiro atoms. The lowest BCUT2D eigenvalue weighted by Crippen LogP contribution is -2.39. The average molecular weight is 323 g/mol. The minimum absolute atomic E-state index is 1.06. The van der Waals surface area contributed by atoms with Gasteiger partial charge in [-0.15, -0.1) is 0 Å². The van der Waals surface area contributed by atoms with E-state index in [2.05, 4.69) is 27.1 Å². The second-order valence-electron chi connectivity index (χ2n) is 4.56. The molecule has 1 N–H and O–H groups in total. The topological polar surface area (TPSA) is 87.2 Å². The minimum Gasteiger partial charge on any atom is -0.408 e. The highest BCUT2D eigenvalue weighted by Crippen LogP contribution is 2.07. The molecule has 0 saturated carbocycles. The molecule has 0 aliphatic rings. The van der Waals surface area contributed by atoms with Crippen LogP contribution in [-0.2, 0) is 0 Å². The molecule has 0 radical (unpaired) electrons. The molecule has 0 atom stereocenters. The van der Waals surface area contributed by atoms with Crippen molar-refractivity contribution in [2.24, 2.45) is 0 Å². The van der Waals surface area contributed by atoms with Gasteiger partial charge in [0, 0.05) is 24.0 Å². The number of benzene rings is 1. The summed E-state index contributed by atoms with van der Waals surface area (Å²) in [6.45, 7) is 0. The SMILES string of the molecule is OB(On1ccnc1)On1ccnc1.c1ccc2ncccc2c1. The maximum Gasteiger partial charge on any atom is 0.826 e. The van der Waals surface area contributed by atoms with Gasteiger partial charge in [-0.1, -0.05) is 24.3 Å². The van der Waals surface area contributed by atoms with Gasteiger partial charge < -0.3 is 14.5 Å². The van der Waals surface area contributed by atoms with Crippen molar-refractivity contribution in [3.8, 4) is 0 Å². The van der Waals surface area contributed by atoms with Crippen LogP contribution in [0.3, 0.4) is 0 Å². The molecule has 120 valence electrons. The largest absolute Gasteiger partial charge is 0.826 e. The van der Waals surface area contributed by atoms with E-state index in [1.807, 2.05) is 30.5 Å². The Hall–Kier alpha value is -3.33. The lowest BCUT2D eigenvalue weighted by molar-refractivity contribution is 0.109. The molecule has 0 unspecified atom stereocenters. The van der Waals surface area contributed by atoms with Gasteiger partial charge in [0.05, 0.1) is 17.9 Å². The summed E-state index contributed by atoms with van der Waals surface area (Å²) in [5, 5.41) is 10.5. The van der Waals surface area contributed by atoms with E-state index >= 15 is 0 Å². The Balaban J connectivity index is 0.000000149. The number of aromatic nitrogens is 5. The molecule has 0 aliphatic carbocycles. The molecular weight excluding hydrogens is 309 g/mol. The van der Waals surface area contributed by atoms with Crippen molar-refractivity contribution >= 4 is 18.2 Å². The van der Waals surface area contributed by atoms with Crippen LogP contribution in [0.4, 0.5) is 0 Å². The Morgan fingerprint density at radius 3 is 2.04 bits per heavy atom. The molecule has 0 saturated heterocycles. The van der Waals surface area contributed by atoms with Gasteiger partial charge in [-0.3, -0.25) is 4.98 Å². The molecule has 0 aliphatic heterocycles. The fourth-order valence-electron chi connectivity index (χ4n) is 1.86. The molecule has 0 bridgehead atoms. The molecule has 8 nitrogen and oxygen atoms in total. The van der Waals surface area contributed by atoms with E-state index in [0.717, 1.165) is 5.52 Å². The van der Waals surface area contributed by atoms with Crippen LogP contribution in [0.2, 0.25) is 0 Å². The Kier molecular flexibility index (Phi) is 5.05. The molecule has 0 fully saturated rings. The number of pyridine rings is 1. The van der Waals surface area contributed by atoms with Crippen molar-refractivity contribution in [1.29, 1.82) is 0 Å². The molecule has 24 heavy (non-hydrogen) atoms. The van der Waals surface area contributed by atoms with E-state index in [1.165, 1.54) is 52.3 Å². The summed E-state index contributed by atoms with van der Waals surface area (Å²) < 4.78 is 12.2. The summed E-state index contributed by atoms with van der Waals surface area (Å²) in [6, 6.07) is 12.1. The van der Waals surface area contributed by atoms with Gasteiger partial charge in [0.1, 0.15) is 12.7 Å². The van der Waals surface area contributed by atoms with Gasteiger partial charge in [0.2, 0.25) is 0 Å². The van der Waals surface area contributed by atoms with Gasteiger partial charge >= 0.3 is 7.32 Å². The van der Waals surface area contributed by atoms with E-state index in [9.17, 15) is 5.02 Å². The first-order valence-electron chi connectivity index (χ1n) is 7.09. The predicted molar refractivity (Wildman–Crippen MR) is 87.3 cm³/mol. The Morgan fingerprint density at radius 2 is 1.46 bits per heavy atom. The van der Waals surface area contributed by atoms with E-state index in [0.29, 0.717) is 0 Å². The second-order valence-corrected chi connectivity index (χ2v) is 4.56. The maximum absolute atomic E-state index is 9.25. The van der Waals surface area contributed by atoms with Crippen molar-refractivity contribution in [1.82, 2.24) is 24.4 Å². The fraction of sp³-hybridized carbons (Fsp3) is 0. The highest BCUT2D eigenvalue weighted by Gasteiger charge is 2.22. The monoisotopic (exact) mass is 323 g/mol. The maximum atomic E-state index is 9.25. The number of hydrogen-bond donors (Lipinski definition) is 1. The van der Waals surface area contributed by atoms with Gasteiger partial charge in [-0.25, -0.2) is 9.97 Å². The van der Waals surface area contributed by atoms with Crippen molar-refractivity contribution in [3.63, 3.8) is 0 Å². The van der Waals surface area contributed by atoms with Crippen molar-refractivity contribution < 1.29 is 14.5 Å². The summed E-state index contributed by atoms with van der Waals surface area (Å²) in [5.41, 5.74) is 1.06. The zero-order valence-electron chi connectivity index (χ0n) is 12.6. The van der Waals surface area contributed by atoms with Crippen molar-refractivity contribution in [3.05, 3.63) is 80.0 Å². The van der Waals surface area contributed by atoms with Gasteiger partial charge in [0.25, 0.3) is 0 Å². The van der Waals surface area contributed by atoms with E-state index < -0.39 is 7.32 Å². The number of fused-ring (bicyclic) bond motifs is 1. The van der Waals surface area contributed by atoms with Crippen molar-refractivity contribution in [2.45, 2.75) is 0 Å². The van der Waals surface area contributed by atoms with E-state index in [1.54, 1.807) is 0 Å². The zero-order chi connectivity index (χ0) is 16.6. The number of para-hydroxylation sites is 1. The second kappa shape index (κ2) is 7.79. The normalized spacial score (nSPS) is 9.88. The molecule has 4 rings (SSSR count). The zero-order valence-corrected chi connectivity index (χ0v) is 12.6. The smallest absolute Gasteiger partial charge is 0.408 e. The van der Waals surface area contributed by atoms with Gasteiger partial charge in [-0.2, -0.15) is 9.46 Å². The third-order valence-electron chi connectivity index (χ3n) is 2.90. The van der Waals surface area contributed by atoms with E-state index in [-0.39, 0.29) is 0 Å². The van der Waals surface area contributed by atoms with Gasteiger partial charge in [-0.05, 0) is 12.1 Å². The standard InChI is InChI=1S/C9H7N.C6H7BN4O3/c1-2-6-9-8(4-1)5-3-7-10-9;12-7(13-10-3-1-8-5-10)14-11-4-2-9-6-11/h1-7H;1-6,12H. The molecule has 9 heteroatoms. The predicted octanol–water partition coefficient (Wildman–Crippen LogP) is 0.849. The molecule has 1 aromatic carbocycles. The summed E-state index contributed by atoms with van der Waals surface area (Å²) >= 11 is 0. The van der Waals surface area contributed by atoms with Crippen LogP contribution in [0, 0.1) is 0 Å². The van der Waals surface area contributed by atoms with Crippen LogP contribution in [-0.4, -0.2) is 36.8 Å². The number of nitrogens with zero attached hydrogens (tertiary/aromatic N) is 5. The first-order chi connectivity index (χ1) is 11.8. The number of rotatable bonds is 4. The first-order valence-corrected chi connectivity index (χ1v) is 7.09. The fourth-order valence-corrected chi connectivity index (χ4v) is 1.86. The Bertz CT molecular complexity index is 753. The summed E-state index contributed by atoms with van der Waals surface area (Å²) in [6.07, 6.45) is 10.7. The summed E-state index contributed by atoms with van der Waals surface area (Å²) in [7, 11) is -1.42. The highest BCUT2D eigenvalue weighted by molar-refractivity contribution is 6.35. The Morgan fingerprint density at radius 1 is 0.833 bits per heavy atom. The lowest BCUT2D eigenvalue weighted by Gasteiger charge is -2.09. The van der Waals surface area contributed by atoms with Gasteiger partial charge in [0.15, 0.2) is 0 Å². The van der Waals surface area contributed by atoms with Crippen LogP contribution in [0.15, 0.2) is 80.0 Å². The van der Waals surface area contributed by atoms with Crippen molar-refractivity contribution in [2.75, 3.05) is 0 Å². The van der Waals surface area contributed by atoms with Crippen LogP contribution < -0.4 is 9.51 Å². The third-order valence-corrected chi connectivity index (χ3v) is 2.90. The molecule has 4 aromatic rings. The quantitative estimate of drug-likeness (QED) is 0.560. The third kappa shape index (κ3) is 4.34. The Labute approximate surface area is 138 Å². The lowest BCUT2D eigenvalue weighted by atomic mass is 10.2. The summed E-state index contributed by atoms with van der Waals surface area (Å²) in [5.74, 6) is 0. The molecular formula is C15H14BN5O3. The molecule has 3 aromatic heterocycles. The van der Waals surface area contributed by atoms with Crippen LogP contribution in [0.5, 0.6) is 0 Å². The van der Waals surface area contributed by atoms with Crippen LogP contribution >= 0.6 is 0 Å². The molecule has 0 amide bonds. The van der Waals surface area contributed by atoms with E-state index in [4.69, 9.17) is 9.51 Å². The highest BCUT2D eigenvalue weighted by atomic mass is 16.8. The molecule has 3 heterocycles.